The van der Waals surface area contributed by atoms with Crippen LogP contribution in [0.25, 0.3) is 0 Å². The van der Waals surface area contributed by atoms with Gasteiger partial charge in [0.05, 0.1) is 0 Å². The first-order valence-electron chi connectivity index (χ1n) is 7.00. The zero-order chi connectivity index (χ0) is 15.7. The van der Waals surface area contributed by atoms with Gasteiger partial charge < -0.3 is 0 Å². The van der Waals surface area contributed by atoms with Crippen molar-refractivity contribution in [3.63, 3.8) is 0 Å². The molecule has 4 aliphatic rings. The molecule has 1 radical (unpaired) electrons. The number of rotatable bonds is 0. The van der Waals surface area contributed by atoms with Gasteiger partial charge in [0.1, 0.15) is 0 Å². The van der Waals surface area contributed by atoms with Gasteiger partial charge in [0.25, 0.3) is 0 Å². The first-order valence-corrected chi connectivity index (χ1v) is 12.1. The Kier molecular flexibility index (Phi) is 3.80. The van der Waals surface area contributed by atoms with Crippen LogP contribution >= 0.6 is 23.5 Å². The number of hydrogen-bond acceptors (Lipinski definition) is 5. The average molecular weight is 468 g/mol. The maximum absolute atomic E-state index is 12.6. The molecule has 0 amide bonds. The van der Waals surface area contributed by atoms with Crippen molar-refractivity contribution in [1.29, 1.82) is 0 Å². The van der Waals surface area contributed by atoms with Crippen LogP contribution < -0.4 is 0 Å². The summed E-state index contributed by atoms with van der Waals surface area (Å²) >= 11 is 3.99. The molecular formula is C14H16NO3S2Se2. The molecule has 0 saturated heterocycles. The van der Waals surface area contributed by atoms with Crippen LogP contribution in [-0.4, -0.2) is 59.3 Å². The number of thioether (sulfide) groups is 2. The van der Waals surface area contributed by atoms with Gasteiger partial charge in [-0.2, -0.15) is 0 Å². The quantitative estimate of drug-likeness (QED) is 0.512. The Balaban J connectivity index is 1.62. The summed E-state index contributed by atoms with van der Waals surface area (Å²) in [6, 6.07) is 0. The van der Waals surface area contributed by atoms with Crippen LogP contribution in [0.2, 0.25) is 0 Å². The number of ether oxygens (including phenoxy) is 2. The standard InChI is InChI=1S/C14H16NO3S2Se2/c1-13(2)7-8(14(3,4)15(13)16)22-12(21-7)11-19-9-10(20-11)18-6-5-17-9/h5-6H2,1-4H3. The Hall–Kier alpha value is 0.479. The Bertz CT molecular complexity index is 604. The predicted octanol–water partition coefficient (Wildman–Crippen LogP) is 2.62. The molecule has 119 valence electrons. The molecule has 4 rings (SSSR count). The molecule has 0 aromatic rings. The van der Waals surface area contributed by atoms with Crippen molar-refractivity contribution >= 4 is 53.4 Å². The number of hydroxylamine groups is 2. The Morgan fingerprint density at radius 1 is 0.955 bits per heavy atom. The fourth-order valence-corrected chi connectivity index (χ4v) is 14.0. The first-order chi connectivity index (χ1) is 10.3. The van der Waals surface area contributed by atoms with Gasteiger partial charge in [-0.3, -0.25) is 0 Å². The van der Waals surface area contributed by atoms with E-state index in [1.165, 1.54) is 21.6 Å². The van der Waals surface area contributed by atoms with E-state index in [0.29, 0.717) is 13.2 Å². The summed E-state index contributed by atoms with van der Waals surface area (Å²) in [6.07, 6.45) is 0. The molecule has 4 nitrogen and oxygen atoms in total. The van der Waals surface area contributed by atoms with Crippen LogP contribution in [0.5, 0.6) is 0 Å². The van der Waals surface area contributed by atoms with E-state index in [1.54, 1.807) is 23.5 Å². The summed E-state index contributed by atoms with van der Waals surface area (Å²) in [7, 11) is 0. The third kappa shape index (κ3) is 2.20. The third-order valence-electron chi connectivity index (χ3n) is 3.98. The van der Waals surface area contributed by atoms with Crippen LogP contribution in [0.1, 0.15) is 27.7 Å². The van der Waals surface area contributed by atoms with Crippen LogP contribution in [0.4, 0.5) is 0 Å². The molecule has 0 saturated carbocycles. The minimum absolute atomic E-state index is 0.277. The molecule has 4 heterocycles. The van der Waals surface area contributed by atoms with Gasteiger partial charge in [-0.15, -0.1) is 0 Å². The number of nitrogens with zero attached hydrogens (tertiary/aromatic N) is 1. The summed E-state index contributed by atoms with van der Waals surface area (Å²) in [4.78, 5) is 0. The van der Waals surface area contributed by atoms with E-state index in [4.69, 9.17) is 9.47 Å². The van der Waals surface area contributed by atoms with Crippen molar-refractivity contribution in [3.8, 4) is 0 Å². The second kappa shape index (κ2) is 5.24. The molecule has 0 bridgehead atoms. The van der Waals surface area contributed by atoms with Gasteiger partial charge >= 0.3 is 152 Å². The molecule has 0 fully saturated rings. The molecule has 0 spiro atoms. The zero-order valence-electron chi connectivity index (χ0n) is 12.7. The van der Waals surface area contributed by atoms with Gasteiger partial charge in [-0.25, -0.2) is 0 Å². The van der Waals surface area contributed by atoms with E-state index in [1.807, 2.05) is 0 Å². The second-order valence-corrected chi connectivity index (χ2v) is 14.1. The minimum atomic E-state index is -0.364. The van der Waals surface area contributed by atoms with Crippen molar-refractivity contribution in [2.24, 2.45) is 0 Å². The molecule has 0 aromatic heterocycles. The van der Waals surface area contributed by atoms with Crippen molar-refractivity contribution in [2.75, 3.05) is 13.2 Å². The summed E-state index contributed by atoms with van der Waals surface area (Å²) in [5, 5.41) is 15.8. The SMILES string of the molecule is CC1(C)C2=C([Se]C(=C3SC4=C(OCCO4)S3)[Se]2)C(C)(C)N1[O]. The molecular weight excluding hydrogens is 452 g/mol. The first kappa shape index (κ1) is 16.0. The zero-order valence-corrected chi connectivity index (χ0v) is 17.8. The predicted molar refractivity (Wildman–Crippen MR) is 90.4 cm³/mol. The van der Waals surface area contributed by atoms with Crippen LogP contribution in [0.15, 0.2) is 26.7 Å². The molecule has 0 unspecified atom stereocenters. The Labute approximate surface area is 151 Å². The summed E-state index contributed by atoms with van der Waals surface area (Å²) in [5.74, 6) is 0. The molecule has 0 atom stereocenters. The monoisotopic (exact) mass is 470 g/mol. The maximum atomic E-state index is 12.6. The fraction of sp³-hybridized carbons (Fsp3) is 0.571. The Morgan fingerprint density at radius 2 is 1.41 bits per heavy atom. The van der Waals surface area contributed by atoms with Gasteiger partial charge in [0.2, 0.25) is 0 Å². The van der Waals surface area contributed by atoms with Crippen molar-refractivity contribution < 1.29 is 14.7 Å². The van der Waals surface area contributed by atoms with Crippen LogP contribution in [0.3, 0.4) is 0 Å². The normalized spacial score (nSPS) is 29.7. The average Bonchev–Trinajstić information content (AvgIpc) is 3.12. The summed E-state index contributed by atoms with van der Waals surface area (Å²) in [6.45, 7) is 9.57. The van der Waals surface area contributed by atoms with E-state index in [-0.39, 0.29) is 41.0 Å². The van der Waals surface area contributed by atoms with E-state index >= 15 is 0 Å². The van der Waals surface area contributed by atoms with Gasteiger partial charge in [0.15, 0.2) is 0 Å². The van der Waals surface area contributed by atoms with E-state index in [2.05, 4.69) is 27.7 Å². The van der Waals surface area contributed by atoms with E-state index < -0.39 is 0 Å². The fourth-order valence-electron chi connectivity index (χ4n) is 2.87. The van der Waals surface area contributed by atoms with Crippen molar-refractivity contribution in [3.05, 3.63) is 26.7 Å². The van der Waals surface area contributed by atoms with Gasteiger partial charge in [-0.1, -0.05) is 0 Å². The molecule has 0 aromatic carbocycles. The van der Waals surface area contributed by atoms with E-state index in [9.17, 15) is 5.21 Å². The summed E-state index contributed by atoms with van der Waals surface area (Å²) < 4.78 is 17.1. The van der Waals surface area contributed by atoms with Gasteiger partial charge in [-0.05, 0) is 0 Å². The molecule has 4 aliphatic heterocycles. The van der Waals surface area contributed by atoms with E-state index in [0.717, 1.165) is 10.2 Å². The van der Waals surface area contributed by atoms with Gasteiger partial charge in [0, 0.05) is 0 Å². The molecule has 8 heteroatoms. The molecule has 22 heavy (non-hydrogen) atoms. The van der Waals surface area contributed by atoms with Crippen LogP contribution in [-0.2, 0) is 14.7 Å². The number of hydrogen-bond donors (Lipinski definition) is 0. The van der Waals surface area contributed by atoms with Crippen molar-refractivity contribution in [2.45, 2.75) is 38.8 Å². The summed E-state index contributed by atoms with van der Waals surface area (Å²) in [5.41, 5.74) is -0.728. The molecule has 0 N–H and O–H groups in total. The van der Waals surface area contributed by atoms with Crippen molar-refractivity contribution in [1.82, 2.24) is 5.06 Å². The third-order valence-corrected chi connectivity index (χ3v) is 15.4. The Morgan fingerprint density at radius 3 is 1.86 bits per heavy atom. The second-order valence-electron chi connectivity index (χ2n) is 6.33. The topological polar surface area (TPSA) is 41.6 Å². The van der Waals surface area contributed by atoms with Crippen LogP contribution in [0, 0.1) is 0 Å². The molecule has 0 aliphatic carbocycles.